The molecule has 0 aromatic rings. The van der Waals surface area contributed by atoms with Gasteiger partial charge in [-0.25, -0.2) is 0 Å². The quantitative estimate of drug-likeness (QED) is 0.778. The molecule has 1 aliphatic heterocycles. The minimum Gasteiger partial charge on any atom is -0.301 e. The van der Waals surface area contributed by atoms with Crippen molar-refractivity contribution in [3.8, 4) is 6.07 Å². The molecular formula is C16H27N3. The van der Waals surface area contributed by atoms with E-state index in [-0.39, 0.29) is 6.04 Å². The lowest BCUT2D eigenvalue weighted by molar-refractivity contribution is 0.0910. The van der Waals surface area contributed by atoms with E-state index in [1.807, 2.05) is 0 Å². The third-order valence-electron chi connectivity index (χ3n) is 5.76. The third-order valence-corrected chi connectivity index (χ3v) is 5.76. The molecule has 0 aromatic heterocycles. The molecule has 0 N–H and O–H groups in total. The summed E-state index contributed by atoms with van der Waals surface area (Å²) < 4.78 is 0. The van der Waals surface area contributed by atoms with Gasteiger partial charge in [-0.1, -0.05) is 13.3 Å². The van der Waals surface area contributed by atoms with E-state index >= 15 is 0 Å². The Bertz CT molecular complexity index is 340. The molecule has 0 spiro atoms. The SMILES string of the molecule is CCC(C#N)N1CCN(CC2CC3CCC2C3)CC1. The number of piperazine rings is 1. The van der Waals surface area contributed by atoms with Crippen LogP contribution in [0.5, 0.6) is 0 Å². The highest BCUT2D eigenvalue weighted by Crippen LogP contribution is 2.48. The molecule has 3 fully saturated rings. The van der Waals surface area contributed by atoms with Crippen molar-refractivity contribution in [1.82, 2.24) is 9.80 Å². The van der Waals surface area contributed by atoms with Crippen molar-refractivity contribution in [3.63, 3.8) is 0 Å². The number of nitriles is 1. The molecule has 106 valence electrons. The van der Waals surface area contributed by atoms with Crippen molar-refractivity contribution in [2.24, 2.45) is 17.8 Å². The monoisotopic (exact) mass is 261 g/mol. The third kappa shape index (κ3) is 2.80. The molecule has 4 atom stereocenters. The van der Waals surface area contributed by atoms with Gasteiger partial charge in [-0.15, -0.1) is 0 Å². The lowest BCUT2D eigenvalue weighted by Crippen LogP contribution is -2.51. The van der Waals surface area contributed by atoms with Crippen molar-refractivity contribution in [1.29, 1.82) is 5.26 Å². The van der Waals surface area contributed by atoms with E-state index in [1.165, 1.54) is 45.3 Å². The van der Waals surface area contributed by atoms with E-state index in [4.69, 9.17) is 5.26 Å². The Morgan fingerprint density at radius 2 is 1.95 bits per heavy atom. The number of hydrogen-bond donors (Lipinski definition) is 0. The van der Waals surface area contributed by atoms with Gasteiger partial charge in [0.1, 0.15) is 0 Å². The Morgan fingerprint density at radius 3 is 2.47 bits per heavy atom. The standard InChI is InChI=1S/C16H27N3/c1-2-16(11-17)19-7-5-18(6-8-19)12-15-10-13-3-4-14(15)9-13/h13-16H,2-10,12H2,1H3. The maximum absolute atomic E-state index is 9.14. The minimum absolute atomic E-state index is 0.143. The summed E-state index contributed by atoms with van der Waals surface area (Å²) in [6.07, 6.45) is 7.00. The van der Waals surface area contributed by atoms with Crippen LogP contribution < -0.4 is 0 Å². The number of nitrogens with zero attached hydrogens (tertiary/aromatic N) is 3. The fourth-order valence-corrected chi connectivity index (χ4v) is 4.62. The largest absolute Gasteiger partial charge is 0.301 e. The molecule has 3 aliphatic rings. The Balaban J connectivity index is 1.45. The highest BCUT2D eigenvalue weighted by Gasteiger charge is 2.40. The second kappa shape index (κ2) is 5.81. The van der Waals surface area contributed by atoms with Gasteiger partial charge in [-0.2, -0.15) is 5.26 Å². The van der Waals surface area contributed by atoms with Crippen LogP contribution in [0.25, 0.3) is 0 Å². The molecule has 0 amide bonds. The molecule has 1 saturated heterocycles. The van der Waals surface area contributed by atoms with E-state index in [1.54, 1.807) is 0 Å². The van der Waals surface area contributed by atoms with E-state index in [0.717, 1.165) is 37.3 Å². The van der Waals surface area contributed by atoms with Crippen LogP contribution in [0.3, 0.4) is 0 Å². The van der Waals surface area contributed by atoms with Crippen LogP contribution in [0.1, 0.15) is 39.0 Å². The summed E-state index contributed by atoms with van der Waals surface area (Å²) in [6.45, 7) is 7.98. The average Bonchev–Trinajstić information content (AvgIpc) is 3.04. The topological polar surface area (TPSA) is 30.3 Å². The van der Waals surface area contributed by atoms with Crippen LogP contribution in [-0.4, -0.2) is 48.6 Å². The van der Waals surface area contributed by atoms with Crippen LogP contribution in [0.15, 0.2) is 0 Å². The normalized spacial score (nSPS) is 37.4. The highest BCUT2D eigenvalue weighted by molar-refractivity contribution is 4.94. The zero-order valence-corrected chi connectivity index (χ0v) is 12.2. The first kappa shape index (κ1) is 13.4. The van der Waals surface area contributed by atoms with E-state index in [9.17, 15) is 0 Å². The zero-order valence-electron chi connectivity index (χ0n) is 12.2. The summed E-state index contributed by atoms with van der Waals surface area (Å²) in [6, 6.07) is 2.58. The van der Waals surface area contributed by atoms with E-state index < -0.39 is 0 Å². The van der Waals surface area contributed by atoms with Gasteiger partial charge < -0.3 is 4.90 Å². The molecule has 0 radical (unpaired) electrons. The Hall–Kier alpha value is -0.590. The van der Waals surface area contributed by atoms with Crippen LogP contribution >= 0.6 is 0 Å². The Morgan fingerprint density at radius 1 is 1.16 bits per heavy atom. The number of hydrogen-bond acceptors (Lipinski definition) is 3. The second-order valence-corrected chi connectivity index (χ2v) is 6.82. The van der Waals surface area contributed by atoms with Crippen LogP contribution in [-0.2, 0) is 0 Å². The molecule has 19 heavy (non-hydrogen) atoms. The molecule has 2 bridgehead atoms. The highest BCUT2D eigenvalue weighted by atomic mass is 15.3. The smallest absolute Gasteiger partial charge is 0.0976 e. The van der Waals surface area contributed by atoms with Crippen molar-refractivity contribution < 1.29 is 0 Å². The first-order valence-corrected chi connectivity index (χ1v) is 8.16. The van der Waals surface area contributed by atoms with E-state index in [0.29, 0.717) is 0 Å². The first-order chi connectivity index (χ1) is 9.30. The molecule has 2 saturated carbocycles. The minimum atomic E-state index is 0.143. The molecular weight excluding hydrogens is 234 g/mol. The second-order valence-electron chi connectivity index (χ2n) is 6.82. The predicted molar refractivity (Wildman–Crippen MR) is 76.6 cm³/mol. The maximum atomic E-state index is 9.14. The van der Waals surface area contributed by atoms with Crippen molar-refractivity contribution in [3.05, 3.63) is 0 Å². The first-order valence-electron chi connectivity index (χ1n) is 8.16. The summed E-state index contributed by atoms with van der Waals surface area (Å²) in [5.41, 5.74) is 0. The summed E-state index contributed by atoms with van der Waals surface area (Å²) in [5.74, 6) is 3.10. The summed E-state index contributed by atoms with van der Waals surface area (Å²) in [7, 11) is 0. The number of fused-ring (bicyclic) bond motifs is 2. The van der Waals surface area contributed by atoms with Crippen molar-refractivity contribution in [2.75, 3.05) is 32.7 Å². The Kier molecular flexibility index (Phi) is 4.10. The van der Waals surface area contributed by atoms with Gasteiger partial charge in [0, 0.05) is 32.7 Å². The lowest BCUT2D eigenvalue weighted by atomic mass is 9.88. The van der Waals surface area contributed by atoms with Gasteiger partial charge in [0.25, 0.3) is 0 Å². The fourth-order valence-electron chi connectivity index (χ4n) is 4.62. The average molecular weight is 261 g/mol. The van der Waals surface area contributed by atoms with Crippen LogP contribution in [0.2, 0.25) is 0 Å². The Labute approximate surface area is 117 Å². The van der Waals surface area contributed by atoms with Gasteiger partial charge >= 0.3 is 0 Å². The summed E-state index contributed by atoms with van der Waals surface area (Å²) in [4.78, 5) is 5.03. The van der Waals surface area contributed by atoms with Crippen molar-refractivity contribution in [2.45, 2.75) is 45.1 Å². The fraction of sp³-hybridized carbons (Fsp3) is 0.938. The van der Waals surface area contributed by atoms with Gasteiger partial charge in [0.05, 0.1) is 12.1 Å². The summed E-state index contributed by atoms with van der Waals surface area (Å²) in [5, 5.41) is 9.14. The van der Waals surface area contributed by atoms with Crippen LogP contribution in [0.4, 0.5) is 0 Å². The molecule has 3 nitrogen and oxygen atoms in total. The van der Waals surface area contributed by atoms with Gasteiger partial charge in [0.15, 0.2) is 0 Å². The lowest BCUT2D eigenvalue weighted by Gasteiger charge is -2.38. The molecule has 3 rings (SSSR count). The van der Waals surface area contributed by atoms with Crippen LogP contribution in [0, 0.1) is 29.1 Å². The number of rotatable bonds is 4. The predicted octanol–water partition coefficient (Wildman–Crippen LogP) is 2.34. The zero-order chi connectivity index (χ0) is 13.2. The van der Waals surface area contributed by atoms with Gasteiger partial charge in [0.2, 0.25) is 0 Å². The molecule has 0 aromatic carbocycles. The molecule has 4 unspecified atom stereocenters. The molecule has 1 heterocycles. The molecule has 2 aliphatic carbocycles. The van der Waals surface area contributed by atoms with Gasteiger partial charge in [-0.3, -0.25) is 4.90 Å². The van der Waals surface area contributed by atoms with Gasteiger partial charge in [-0.05, 0) is 43.4 Å². The summed E-state index contributed by atoms with van der Waals surface area (Å²) >= 11 is 0. The molecule has 3 heteroatoms. The maximum Gasteiger partial charge on any atom is 0.0976 e. The van der Waals surface area contributed by atoms with E-state index in [2.05, 4.69) is 22.8 Å². The van der Waals surface area contributed by atoms with Crippen molar-refractivity contribution >= 4 is 0 Å².